The van der Waals surface area contributed by atoms with Gasteiger partial charge in [-0.05, 0) is 29.3 Å². The molecule has 3 aromatic rings. The summed E-state index contributed by atoms with van der Waals surface area (Å²) in [4.78, 5) is 29.5. The summed E-state index contributed by atoms with van der Waals surface area (Å²) >= 11 is 7.01. The summed E-state index contributed by atoms with van der Waals surface area (Å²) in [5.74, 6) is -1.34. The fourth-order valence-electron chi connectivity index (χ4n) is 3.99. The Kier molecular flexibility index (Phi) is 6.66. The Morgan fingerprint density at radius 1 is 1.09 bits per heavy atom. The number of amidine groups is 1. The summed E-state index contributed by atoms with van der Waals surface area (Å²) < 4.78 is 13.4. The first-order chi connectivity index (χ1) is 17.0. The van der Waals surface area contributed by atoms with Crippen molar-refractivity contribution in [1.29, 1.82) is 0 Å². The van der Waals surface area contributed by atoms with Crippen LogP contribution in [0, 0.1) is 5.82 Å². The van der Waals surface area contributed by atoms with Crippen LogP contribution in [0.5, 0.6) is 0 Å². The molecule has 1 N–H and O–H groups in total. The second-order valence-electron chi connectivity index (χ2n) is 8.11. The molecule has 0 saturated carbocycles. The van der Waals surface area contributed by atoms with Crippen molar-refractivity contribution in [2.75, 3.05) is 5.32 Å². The van der Waals surface area contributed by atoms with Crippen molar-refractivity contribution in [3.63, 3.8) is 0 Å². The van der Waals surface area contributed by atoms with Crippen molar-refractivity contribution in [2.45, 2.75) is 24.1 Å². The molecule has 0 fully saturated rings. The van der Waals surface area contributed by atoms with E-state index in [9.17, 15) is 14.0 Å². The summed E-state index contributed by atoms with van der Waals surface area (Å²) in [6, 6.07) is 23.7. The quantitative estimate of drug-likeness (QED) is 0.484. The Morgan fingerprint density at radius 3 is 2.51 bits per heavy atom. The van der Waals surface area contributed by atoms with Gasteiger partial charge in [0.25, 0.3) is 5.91 Å². The van der Waals surface area contributed by atoms with Crippen LogP contribution in [0.25, 0.3) is 0 Å². The van der Waals surface area contributed by atoms with Gasteiger partial charge in [0.05, 0.1) is 16.8 Å². The normalized spacial score (nSPS) is 19.5. The van der Waals surface area contributed by atoms with Crippen molar-refractivity contribution in [2.24, 2.45) is 10.1 Å². The van der Waals surface area contributed by atoms with E-state index in [-0.39, 0.29) is 29.3 Å². The molecular weight excluding hydrogens is 487 g/mol. The number of amides is 2. The highest BCUT2D eigenvalue weighted by Crippen LogP contribution is 2.38. The van der Waals surface area contributed by atoms with Crippen LogP contribution in [0.4, 0.5) is 10.1 Å². The number of nitrogens with zero attached hydrogens (tertiary/aromatic N) is 3. The second kappa shape index (κ2) is 10.0. The number of aliphatic imine (C=N–C) groups is 1. The summed E-state index contributed by atoms with van der Waals surface area (Å²) in [6.45, 7) is 0. The molecule has 2 heterocycles. The molecule has 2 atom stereocenters. The molecule has 0 saturated heterocycles. The van der Waals surface area contributed by atoms with Crippen molar-refractivity contribution in [1.82, 2.24) is 5.01 Å². The van der Waals surface area contributed by atoms with E-state index in [1.165, 1.54) is 30.0 Å². The number of thioether (sulfide) groups is 1. The molecule has 0 radical (unpaired) electrons. The zero-order valence-electron chi connectivity index (χ0n) is 18.4. The topological polar surface area (TPSA) is 74.1 Å². The molecule has 176 valence electrons. The van der Waals surface area contributed by atoms with E-state index in [0.29, 0.717) is 17.3 Å². The van der Waals surface area contributed by atoms with E-state index >= 15 is 0 Å². The number of benzene rings is 3. The van der Waals surface area contributed by atoms with Crippen molar-refractivity contribution >= 4 is 51.7 Å². The van der Waals surface area contributed by atoms with Gasteiger partial charge in [0.15, 0.2) is 5.17 Å². The van der Waals surface area contributed by atoms with Gasteiger partial charge in [-0.1, -0.05) is 84.0 Å². The molecule has 9 heteroatoms. The lowest BCUT2D eigenvalue weighted by atomic mass is 9.99. The molecule has 0 bridgehead atoms. The maximum Gasteiger partial charge on any atom is 0.262 e. The maximum absolute atomic E-state index is 13.4. The van der Waals surface area contributed by atoms with Crippen LogP contribution in [0.2, 0.25) is 5.02 Å². The minimum atomic E-state index is -0.673. The van der Waals surface area contributed by atoms with Gasteiger partial charge in [-0.3, -0.25) is 9.59 Å². The molecular formula is C26H20ClFN4O2S. The predicted octanol–water partition coefficient (Wildman–Crippen LogP) is 5.66. The molecule has 2 aliphatic rings. The Labute approximate surface area is 210 Å². The van der Waals surface area contributed by atoms with E-state index in [2.05, 4.69) is 10.3 Å². The molecule has 2 amide bonds. The number of halogens is 2. The summed E-state index contributed by atoms with van der Waals surface area (Å²) in [6.07, 6.45) is 0.586. The third-order valence-electron chi connectivity index (χ3n) is 5.70. The van der Waals surface area contributed by atoms with Crippen LogP contribution in [0.15, 0.2) is 89.0 Å². The monoisotopic (exact) mass is 506 g/mol. The first kappa shape index (κ1) is 23.3. The number of nitrogens with one attached hydrogen (secondary N) is 1. The molecule has 2 aliphatic heterocycles. The lowest BCUT2D eigenvalue weighted by molar-refractivity contribution is -0.121. The van der Waals surface area contributed by atoms with Crippen LogP contribution in [-0.4, -0.2) is 33.0 Å². The summed E-state index contributed by atoms with van der Waals surface area (Å²) in [7, 11) is 0. The number of carbonyl (C=O) groups is 2. The molecule has 0 unspecified atom stereocenters. The molecule has 6 nitrogen and oxygen atoms in total. The third kappa shape index (κ3) is 5.13. The maximum atomic E-state index is 13.4. The largest absolute Gasteiger partial charge is 0.326 e. The van der Waals surface area contributed by atoms with Crippen LogP contribution in [0.1, 0.15) is 30.0 Å². The first-order valence-electron chi connectivity index (χ1n) is 11.0. The Morgan fingerprint density at radius 2 is 1.80 bits per heavy atom. The SMILES string of the molecule is O=C(C[C@@H]1SC(N2N=C(c3ccccc3)C[C@H]2c2ccccc2)=NC1=O)Nc1ccc(F)c(Cl)c1. The standard InChI is InChI=1S/C26H20ClFN4O2S/c27-19-13-18(11-12-20(19)28)29-24(33)15-23-25(34)30-26(35-23)32-22(17-9-5-2-6-10-17)14-21(31-32)16-7-3-1-4-8-16/h1-13,22-23H,14-15H2,(H,29,33)/t22-,23-/m0/s1. The van der Waals surface area contributed by atoms with E-state index in [0.717, 1.165) is 16.8 Å². The Balaban J connectivity index is 1.32. The van der Waals surface area contributed by atoms with Gasteiger partial charge < -0.3 is 5.32 Å². The Bertz CT molecular complexity index is 1330. The van der Waals surface area contributed by atoms with Crippen LogP contribution in [0.3, 0.4) is 0 Å². The Hall–Kier alpha value is -3.49. The van der Waals surface area contributed by atoms with Crippen LogP contribution >= 0.6 is 23.4 Å². The van der Waals surface area contributed by atoms with Gasteiger partial charge in [0.1, 0.15) is 11.1 Å². The fraction of sp³-hybridized carbons (Fsp3) is 0.154. The minimum Gasteiger partial charge on any atom is -0.326 e. The number of carbonyl (C=O) groups excluding carboxylic acids is 2. The van der Waals surface area contributed by atoms with Gasteiger partial charge in [-0.15, -0.1) is 0 Å². The van der Waals surface area contributed by atoms with Gasteiger partial charge >= 0.3 is 0 Å². The van der Waals surface area contributed by atoms with E-state index in [1.807, 2.05) is 60.7 Å². The van der Waals surface area contributed by atoms with Crippen molar-refractivity contribution in [3.8, 4) is 0 Å². The predicted molar refractivity (Wildman–Crippen MR) is 137 cm³/mol. The summed E-state index contributed by atoms with van der Waals surface area (Å²) in [5.41, 5.74) is 3.34. The molecule has 35 heavy (non-hydrogen) atoms. The molecule has 0 aromatic heterocycles. The number of rotatable bonds is 5. The summed E-state index contributed by atoms with van der Waals surface area (Å²) in [5, 5.41) is 8.98. The molecule has 5 rings (SSSR count). The van der Waals surface area contributed by atoms with Crippen LogP contribution in [-0.2, 0) is 9.59 Å². The number of hydrogen-bond donors (Lipinski definition) is 1. The highest BCUT2D eigenvalue weighted by molar-refractivity contribution is 8.15. The lowest BCUT2D eigenvalue weighted by Gasteiger charge is -2.23. The highest BCUT2D eigenvalue weighted by Gasteiger charge is 2.39. The van der Waals surface area contributed by atoms with Crippen molar-refractivity contribution < 1.29 is 14.0 Å². The van der Waals surface area contributed by atoms with Gasteiger partial charge in [0.2, 0.25) is 5.91 Å². The van der Waals surface area contributed by atoms with E-state index in [4.69, 9.17) is 16.7 Å². The third-order valence-corrected chi connectivity index (χ3v) is 7.13. The molecule has 3 aromatic carbocycles. The zero-order chi connectivity index (χ0) is 24.4. The number of hydrazone groups is 1. The molecule has 0 spiro atoms. The van der Waals surface area contributed by atoms with Crippen molar-refractivity contribution in [3.05, 3.63) is 101 Å². The zero-order valence-corrected chi connectivity index (χ0v) is 20.0. The lowest BCUT2D eigenvalue weighted by Crippen LogP contribution is -2.25. The first-order valence-corrected chi connectivity index (χ1v) is 12.2. The minimum absolute atomic E-state index is 0.0788. The van der Waals surface area contributed by atoms with E-state index in [1.54, 1.807) is 5.01 Å². The highest BCUT2D eigenvalue weighted by atomic mass is 35.5. The second-order valence-corrected chi connectivity index (χ2v) is 9.69. The average Bonchev–Trinajstić information content (AvgIpc) is 3.47. The smallest absolute Gasteiger partial charge is 0.262 e. The molecule has 0 aliphatic carbocycles. The number of hydrogen-bond acceptors (Lipinski definition) is 5. The van der Waals surface area contributed by atoms with Gasteiger partial charge in [-0.2, -0.15) is 10.1 Å². The van der Waals surface area contributed by atoms with Gasteiger partial charge in [0, 0.05) is 18.5 Å². The average molecular weight is 507 g/mol. The fourth-order valence-corrected chi connectivity index (χ4v) is 5.23. The van der Waals surface area contributed by atoms with Crippen LogP contribution < -0.4 is 5.32 Å². The van der Waals surface area contributed by atoms with Gasteiger partial charge in [-0.25, -0.2) is 9.40 Å². The number of anilines is 1. The van der Waals surface area contributed by atoms with E-state index < -0.39 is 11.1 Å².